The molecule has 1 aliphatic heterocycles. The Morgan fingerprint density at radius 3 is 2.61 bits per heavy atom. The van der Waals surface area contributed by atoms with Crippen LogP contribution in [0.15, 0.2) is 34.7 Å². The van der Waals surface area contributed by atoms with Gasteiger partial charge in [-0.05, 0) is 32.8 Å². The van der Waals surface area contributed by atoms with Gasteiger partial charge in [-0.25, -0.2) is 0 Å². The molecule has 4 rings (SSSR count). The average Bonchev–Trinajstić information content (AvgIpc) is 3.09. The largest absolute Gasteiger partial charge is 0.466 e. The zero-order chi connectivity index (χ0) is 22.1. The maximum atomic E-state index is 13.5. The third-order valence-corrected chi connectivity index (χ3v) is 5.63. The van der Waals surface area contributed by atoms with Crippen LogP contribution >= 0.6 is 0 Å². The van der Waals surface area contributed by atoms with Crippen LogP contribution in [0.2, 0.25) is 0 Å². The van der Waals surface area contributed by atoms with Gasteiger partial charge in [-0.15, -0.1) is 0 Å². The van der Waals surface area contributed by atoms with Crippen LogP contribution in [-0.4, -0.2) is 42.4 Å². The number of esters is 2. The second-order valence-corrected chi connectivity index (χ2v) is 7.77. The fourth-order valence-electron chi connectivity index (χ4n) is 4.28. The number of carbonyl (C=O) groups is 3. The van der Waals surface area contributed by atoms with Crippen molar-refractivity contribution in [1.82, 2.24) is 4.90 Å². The van der Waals surface area contributed by atoms with Gasteiger partial charge in [-0.1, -0.05) is 24.3 Å². The van der Waals surface area contributed by atoms with Crippen LogP contribution in [-0.2, 0) is 14.3 Å². The summed E-state index contributed by atoms with van der Waals surface area (Å²) in [6.45, 7) is 6.06. The molecule has 162 valence electrons. The fourth-order valence-corrected chi connectivity index (χ4v) is 4.28. The highest BCUT2D eigenvalue weighted by Crippen LogP contribution is 2.38. The Labute approximate surface area is 179 Å². The Morgan fingerprint density at radius 2 is 1.90 bits per heavy atom. The summed E-state index contributed by atoms with van der Waals surface area (Å²) in [6, 6.07) is 9.13. The van der Waals surface area contributed by atoms with Crippen molar-refractivity contribution in [3.05, 3.63) is 41.7 Å². The summed E-state index contributed by atoms with van der Waals surface area (Å²) in [4.78, 5) is 39.0. The minimum absolute atomic E-state index is 0.200. The third-order valence-electron chi connectivity index (χ3n) is 5.63. The lowest BCUT2D eigenvalue weighted by atomic mass is 9.96. The van der Waals surface area contributed by atoms with Crippen LogP contribution in [0.4, 0.5) is 0 Å². The van der Waals surface area contributed by atoms with E-state index in [1.54, 1.807) is 24.8 Å². The number of hydrogen-bond donors (Lipinski definition) is 0. The number of aryl methyl sites for hydroxylation is 1. The smallest absolute Gasteiger partial charge is 0.310 e. The van der Waals surface area contributed by atoms with Crippen molar-refractivity contribution in [3.8, 4) is 5.75 Å². The van der Waals surface area contributed by atoms with E-state index in [9.17, 15) is 14.4 Å². The van der Waals surface area contributed by atoms with E-state index < -0.39 is 5.97 Å². The highest BCUT2D eigenvalue weighted by Gasteiger charge is 2.32. The SMILES string of the molecule is CCOC(=O)C1CCCN(C(=O)c2c(C)oc3c2cc(OC(C)=O)c2ccccc23)C1. The average molecular weight is 423 g/mol. The number of hydrogen-bond acceptors (Lipinski definition) is 6. The molecule has 1 aromatic heterocycles. The number of fused-ring (bicyclic) bond motifs is 3. The van der Waals surface area contributed by atoms with Crippen molar-refractivity contribution in [2.75, 3.05) is 19.7 Å². The number of piperidine rings is 1. The second-order valence-electron chi connectivity index (χ2n) is 7.77. The number of nitrogens with zero attached hydrogens (tertiary/aromatic N) is 1. The summed E-state index contributed by atoms with van der Waals surface area (Å²) in [5, 5.41) is 2.09. The standard InChI is InChI=1S/C24H25NO6/c1-4-29-24(28)16-8-7-11-25(13-16)23(27)21-14(2)30-22-18-10-6-5-9-17(18)20(12-19(21)22)31-15(3)26/h5-6,9-10,12,16H,4,7-8,11,13H2,1-3H3. The van der Waals surface area contributed by atoms with Crippen LogP contribution in [0.25, 0.3) is 21.7 Å². The molecule has 1 fully saturated rings. The molecule has 0 saturated carbocycles. The molecule has 0 N–H and O–H groups in total. The number of ether oxygens (including phenoxy) is 2. The molecule has 7 heteroatoms. The van der Waals surface area contributed by atoms with Crippen molar-refractivity contribution in [2.24, 2.45) is 5.92 Å². The van der Waals surface area contributed by atoms with E-state index in [-0.39, 0.29) is 17.8 Å². The topological polar surface area (TPSA) is 86.1 Å². The molecule has 3 aromatic rings. The Kier molecular flexibility index (Phi) is 5.67. The lowest BCUT2D eigenvalue weighted by Gasteiger charge is -2.31. The molecular weight excluding hydrogens is 398 g/mol. The van der Waals surface area contributed by atoms with Gasteiger partial charge in [0.05, 0.1) is 18.1 Å². The molecule has 1 unspecified atom stereocenters. The minimum Gasteiger partial charge on any atom is -0.466 e. The van der Waals surface area contributed by atoms with Gasteiger partial charge in [0.25, 0.3) is 5.91 Å². The highest BCUT2D eigenvalue weighted by atomic mass is 16.5. The first kappa shape index (κ1) is 20.9. The van der Waals surface area contributed by atoms with Gasteiger partial charge >= 0.3 is 11.9 Å². The predicted octanol–water partition coefficient (Wildman–Crippen LogP) is 4.24. The van der Waals surface area contributed by atoms with Crippen molar-refractivity contribution < 1.29 is 28.3 Å². The van der Waals surface area contributed by atoms with Crippen molar-refractivity contribution in [3.63, 3.8) is 0 Å². The zero-order valence-electron chi connectivity index (χ0n) is 17.9. The molecule has 2 heterocycles. The minimum atomic E-state index is -0.439. The summed E-state index contributed by atoms with van der Waals surface area (Å²) < 4.78 is 16.6. The van der Waals surface area contributed by atoms with E-state index >= 15 is 0 Å². The molecule has 1 atom stereocenters. The van der Waals surface area contributed by atoms with Crippen LogP contribution in [0.1, 0.15) is 42.8 Å². The zero-order valence-corrected chi connectivity index (χ0v) is 17.9. The molecule has 0 aliphatic carbocycles. The molecule has 1 aliphatic rings. The van der Waals surface area contributed by atoms with Crippen molar-refractivity contribution in [2.45, 2.75) is 33.6 Å². The molecule has 0 bridgehead atoms. The van der Waals surface area contributed by atoms with Gasteiger partial charge < -0.3 is 18.8 Å². The molecule has 0 radical (unpaired) electrons. The Morgan fingerprint density at radius 1 is 1.16 bits per heavy atom. The summed E-state index contributed by atoms with van der Waals surface area (Å²) in [5.74, 6) is -0.359. The third kappa shape index (κ3) is 3.87. The van der Waals surface area contributed by atoms with E-state index in [4.69, 9.17) is 13.9 Å². The Hall–Kier alpha value is -3.35. The molecule has 0 spiro atoms. The maximum Gasteiger partial charge on any atom is 0.310 e. The van der Waals surface area contributed by atoms with Crippen molar-refractivity contribution >= 4 is 39.6 Å². The van der Waals surface area contributed by atoms with Gasteiger partial charge in [0.15, 0.2) is 0 Å². The summed E-state index contributed by atoms with van der Waals surface area (Å²) in [5.41, 5.74) is 1.00. The van der Waals surface area contributed by atoms with Crippen LogP contribution in [0.5, 0.6) is 5.75 Å². The fraction of sp³-hybridized carbons (Fsp3) is 0.375. The molecule has 7 nitrogen and oxygen atoms in total. The maximum absolute atomic E-state index is 13.5. The van der Waals surface area contributed by atoms with Gasteiger partial charge in [-0.2, -0.15) is 0 Å². The number of benzene rings is 2. The first-order chi connectivity index (χ1) is 14.9. The second kappa shape index (κ2) is 8.41. The molecule has 1 saturated heterocycles. The quantitative estimate of drug-likeness (QED) is 0.461. The van der Waals surface area contributed by atoms with Gasteiger partial charge in [0.2, 0.25) is 0 Å². The van der Waals surface area contributed by atoms with E-state index in [2.05, 4.69) is 0 Å². The van der Waals surface area contributed by atoms with E-state index in [0.29, 0.717) is 54.2 Å². The van der Waals surface area contributed by atoms with E-state index in [1.807, 2.05) is 24.3 Å². The molecule has 1 amide bonds. The van der Waals surface area contributed by atoms with E-state index in [0.717, 1.165) is 17.2 Å². The summed E-state index contributed by atoms with van der Waals surface area (Å²) >= 11 is 0. The van der Waals surface area contributed by atoms with Gasteiger partial charge in [0.1, 0.15) is 17.1 Å². The summed E-state index contributed by atoms with van der Waals surface area (Å²) in [7, 11) is 0. The van der Waals surface area contributed by atoms with E-state index in [1.165, 1.54) is 6.92 Å². The van der Waals surface area contributed by atoms with Gasteiger partial charge in [-0.3, -0.25) is 14.4 Å². The van der Waals surface area contributed by atoms with Crippen molar-refractivity contribution in [1.29, 1.82) is 0 Å². The number of rotatable bonds is 4. The molecular formula is C24H25NO6. The Balaban J connectivity index is 1.78. The molecule has 31 heavy (non-hydrogen) atoms. The first-order valence-electron chi connectivity index (χ1n) is 10.5. The monoisotopic (exact) mass is 423 g/mol. The normalized spacial score (nSPS) is 16.5. The highest BCUT2D eigenvalue weighted by molar-refractivity contribution is 6.16. The number of amides is 1. The first-order valence-corrected chi connectivity index (χ1v) is 10.5. The summed E-state index contributed by atoms with van der Waals surface area (Å²) in [6.07, 6.45) is 1.43. The van der Waals surface area contributed by atoms with Crippen LogP contribution in [0.3, 0.4) is 0 Å². The lowest BCUT2D eigenvalue weighted by Crippen LogP contribution is -2.43. The van der Waals surface area contributed by atoms with Gasteiger partial charge in [0, 0.05) is 36.2 Å². The van der Waals surface area contributed by atoms with Crippen LogP contribution in [0, 0.1) is 12.8 Å². The number of likely N-dealkylation sites (tertiary alicyclic amines) is 1. The number of furan rings is 1. The Bertz CT molecular complexity index is 1180. The van der Waals surface area contributed by atoms with Crippen LogP contribution < -0.4 is 4.74 Å². The number of carbonyl (C=O) groups excluding carboxylic acids is 3. The lowest BCUT2D eigenvalue weighted by molar-refractivity contribution is -0.149. The predicted molar refractivity (Wildman–Crippen MR) is 115 cm³/mol. The molecule has 2 aromatic carbocycles.